The van der Waals surface area contributed by atoms with Crippen LogP contribution < -0.4 is 4.74 Å². The molecule has 0 saturated carbocycles. The first-order valence-electron chi connectivity index (χ1n) is 6.72. The topological polar surface area (TPSA) is 72.8 Å². The second-order valence-electron chi connectivity index (χ2n) is 5.52. The Hall–Kier alpha value is -1.46. The Labute approximate surface area is 132 Å². The zero-order valence-electron chi connectivity index (χ0n) is 11.8. The van der Waals surface area contributed by atoms with E-state index in [2.05, 4.69) is 0 Å². The van der Waals surface area contributed by atoms with Crippen LogP contribution in [0.2, 0.25) is 0 Å². The van der Waals surface area contributed by atoms with E-state index in [4.69, 9.17) is 9.47 Å². The van der Waals surface area contributed by atoms with Crippen LogP contribution in [0.15, 0.2) is 17.0 Å². The van der Waals surface area contributed by atoms with Gasteiger partial charge in [-0.3, -0.25) is 0 Å². The Kier molecular flexibility index (Phi) is 3.81. The van der Waals surface area contributed by atoms with Crippen LogP contribution in [-0.4, -0.2) is 44.3 Å². The third-order valence-electron chi connectivity index (χ3n) is 3.86. The average molecular weight is 374 g/mol. The SMILES string of the molecule is O=S(=O)(c1ccc(OC2COC2)c2c1[C@H](O)C(F)(F)C2)C(F)(F)F. The van der Waals surface area contributed by atoms with Crippen LogP contribution in [0.25, 0.3) is 0 Å². The third kappa shape index (κ3) is 2.54. The maximum absolute atomic E-state index is 13.8. The van der Waals surface area contributed by atoms with Crippen molar-refractivity contribution >= 4 is 9.84 Å². The van der Waals surface area contributed by atoms with Crippen molar-refractivity contribution < 1.29 is 45.0 Å². The van der Waals surface area contributed by atoms with E-state index in [9.17, 15) is 35.5 Å². The first kappa shape index (κ1) is 17.4. The largest absolute Gasteiger partial charge is 0.501 e. The van der Waals surface area contributed by atoms with E-state index in [1.54, 1.807) is 0 Å². The number of fused-ring (bicyclic) bond motifs is 1. The van der Waals surface area contributed by atoms with Crippen molar-refractivity contribution in [3.8, 4) is 5.75 Å². The monoisotopic (exact) mass is 374 g/mol. The normalized spacial score (nSPS) is 23.7. The standard InChI is InChI=1S/C13H11F5O5S/c14-12(15)3-7-8(23-6-4-22-5-6)1-2-9(10(7)11(12)19)24(20,21)13(16,17)18/h1-2,6,11,19H,3-5H2/t11-/m0/s1. The molecule has 0 radical (unpaired) electrons. The number of halogens is 5. The van der Waals surface area contributed by atoms with E-state index >= 15 is 0 Å². The van der Waals surface area contributed by atoms with Crippen LogP contribution in [0.5, 0.6) is 5.75 Å². The van der Waals surface area contributed by atoms with Crippen molar-refractivity contribution in [1.82, 2.24) is 0 Å². The molecule has 1 aliphatic heterocycles. The molecule has 1 N–H and O–H groups in total. The van der Waals surface area contributed by atoms with Crippen molar-refractivity contribution in [3.05, 3.63) is 23.3 Å². The van der Waals surface area contributed by atoms with Crippen molar-refractivity contribution in [2.45, 2.75) is 35.0 Å². The molecule has 2 aliphatic rings. The Morgan fingerprint density at radius 2 is 1.88 bits per heavy atom. The number of hydrogen-bond donors (Lipinski definition) is 1. The molecule has 1 fully saturated rings. The fraction of sp³-hybridized carbons (Fsp3) is 0.538. The van der Waals surface area contributed by atoms with Crippen LogP contribution in [0.3, 0.4) is 0 Å². The Bertz CT molecular complexity index is 770. The highest BCUT2D eigenvalue weighted by atomic mass is 32.2. The first-order chi connectivity index (χ1) is 10.9. The van der Waals surface area contributed by atoms with E-state index in [1.807, 2.05) is 0 Å². The number of benzene rings is 1. The molecule has 3 rings (SSSR count). The maximum Gasteiger partial charge on any atom is 0.501 e. The van der Waals surface area contributed by atoms with E-state index in [1.165, 1.54) is 0 Å². The van der Waals surface area contributed by atoms with E-state index in [0.29, 0.717) is 6.07 Å². The summed E-state index contributed by atoms with van der Waals surface area (Å²) in [6.45, 7) is 0.354. The van der Waals surface area contributed by atoms with Gasteiger partial charge in [-0.25, -0.2) is 17.2 Å². The summed E-state index contributed by atoms with van der Waals surface area (Å²) in [7, 11) is -5.90. The van der Waals surface area contributed by atoms with E-state index < -0.39 is 55.9 Å². The zero-order valence-corrected chi connectivity index (χ0v) is 12.6. The minimum Gasteiger partial charge on any atom is -0.485 e. The van der Waals surface area contributed by atoms with Gasteiger partial charge in [-0.15, -0.1) is 0 Å². The molecule has 1 aromatic carbocycles. The summed E-state index contributed by atoms with van der Waals surface area (Å²) in [5, 5.41) is 9.69. The minimum atomic E-state index is -5.90. The number of alkyl halides is 5. The lowest BCUT2D eigenvalue weighted by molar-refractivity contribution is -0.0983. The van der Waals surface area contributed by atoms with Gasteiger partial charge in [0, 0.05) is 17.5 Å². The smallest absolute Gasteiger partial charge is 0.485 e. The summed E-state index contributed by atoms with van der Waals surface area (Å²) in [5.74, 6) is -3.98. The van der Waals surface area contributed by atoms with Crippen LogP contribution >= 0.6 is 0 Å². The molecule has 1 heterocycles. The molecule has 1 aliphatic carbocycles. The first-order valence-corrected chi connectivity index (χ1v) is 8.21. The van der Waals surface area contributed by atoms with Gasteiger partial charge in [-0.05, 0) is 12.1 Å². The predicted molar refractivity (Wildman–Crippen MR) is 68.5 cm³/mol. The third-order valence-corrected chi connectivity index (χ3v) is 5.40. The van der Waals surface area contributed by atoms with Gasteiger partial charge in [0.2, 0.25) is 0 Å². The van der Waals surface area contributed by atoms with Gasteiger partial charge in [0.25, 0.3) is 15.8 Å². The van der Waals surface area contributed by atoms with Crippen molar-refractivity contribution in [1.29, 1.82) is 0 Å². The highest BCUT2D eigenvalue weighted by Gasteiger charge is 2.55. The summed E-state index contributed by atoms with van der Waals surface area (Å²) in [6, 6.07) is 1.42. The molecule has 5 nitrogen and oxygen atoms in total. The minimum absolute atomic E-state index is 0.177. The Morgan fingerprint density at radius 1 is 1.25 bits per heavy atom. The highest BCUT2D eigenvalue weighted by molar-refractivity contribution is 7.92. The predicted octanol–water partition coefficient (Wildman–Crippen LogP) is 1.98. The van der Waals surface area contributed by atoms with Gasteiger partial charge >= 0.3 is 5.51 Å². The fourth-order valence-corrected chi connectivity index (χ4v) is 3.60. The van der Waals surface area contributed by atoms with Gasteiger partial charge in [0.05, 0.1) is 18.1 Å². The molecule has 0 bridgehead atoms. The molecule has 0 spiro atoms. The molecule has 1 saturated heterocycles. The number of rotatable bonds is 3. The second-order valence-corrected chi connectivity index (χ2v) is 7.43. The van der Waals surface area contributed by atoms with Gasteiger partial charge < -0.3 is 14.6 Å². The summed E-state index contributed by atoms with van der Waals surface area (Å²) in [4.78, 5) is -1.38. The Morgan fingerprint density at radius 3 is 2.38 bits per heavy atom. The molecular weight excluding hydrogens is 363 g/mol. The van der Waals surface area contributed by atoms with Crippen LogP contribution in [-0.2, 0) is 21.0 Å². The van der Waals surface area contributed by atoms with Gasteiger partial charge in [-0.2, -0.15) is 13.2 Å². The number of aliphatic hydroxyl groups is 1. The maximum atomic E-state index is 13.8. The average Bonchev–Trinajstić information content (AvgIpc) is 2.64. The van der Waals surface area contributed by atoms with Crippen molar-refractivity contribution in [3.63, 3.8) is 0 Å². The summed E-state index contributed by atoms with van der Waals surface area (Å²) >= 11 is 0. The summed E-state index contributed by atoms with van der Waals surface area (Å²) in [5.41, 5.74) is -7.08. The fourth-order valence-electron chi connectivity index (χ4n) is 2.58. The molecule has 1 atom stereocenters. The number of sulfone groups is 1. The van der Waals surface area contributed by atoms with Gasteiger partial charge in [0.1, 0.15) is 18.0 Å². The highest BCUT2D eigenvalue weighted by Crippen LogP contribution is 2.50. The van der Waals surface area contributed by atoms with Crippen LogP contribution in [0, 0.1) is 0 Å². The van der Waals surface area contributed by atoms with Crippen molar-refractivity contribution in [2.75, 3.05) is 13.2 Å². The molecule has 24 heavy (non-hydrogen) atoms. The molecule has 0 amide bonds. The van der Waals surface area contributed by atoms with Gasteiger partial charge in [0.15, 0.2) is 0 Å². The molecule has 1 aromatic rings. The second kappa shape index (κ2) is 5.27. The lowest BCUT2D eigenvalue weighted by Crippen LogP contribution is -2.38. The van der Waals surface area contributed by atoms with E-state index in [-0.39, 0.29) is 19.0 Å². The quantitative estimate of drug-likeness (QED) is 0.820. The summed E-state index contributed by atoms with van der Waals surface area (Å²) in [6.07, 6.45) is -4.25. The molecule has 0 aromatic heterocycles. The lowest BCUT2D eigenvalue weighted by atomic mass is 10.1. The molecule has 134 valence electrons. The molecule has 0 unspecified atom stereocenters. The van der Waals surface area contributed by atoms with Gasteiger partial charge in [-0.1, -0.05) is 0 Å². The molecular formula is C13H11F5O5S. The van der Waals surface area contributed by atoms with Crippen LogP contribution in [0.4, 0.5) is 22.0 Å². The number of hydrogen-bond acceptors (Lipinski definition) is 5. The number of aliphatic hydroxyl groups excluding tert-OH is 1. The lowest BCUT2D eigenvalue weighted by Gasteiger charge is -2.28. The summed E-state index contributed by atoms with van der Waals surface area (Å²) < 4.78 is 99.4. The van der Waals surface area contributed by atoms with E-state index in [0.717, 1.165) is 6.07 Å². The number of ether oxygens (including phenoxy) is 2. The molecule has 11 heteroatoms. The van der Waals surface area contributed by atoms with Crippen LogP contribution in [0.1, 0.15) is 17.2 Å². The van der Waals surface area contributed by atoms with Crippen molar-refractivity contribution in [2.24, 2.45) is 0 Å². The Balaban J connectivity index is 2.15. The zero-order chi connectivity index (χ0) is 17.9.